The van der Waals surface area contributed by atoms with Crippen molar-refractivity contribution in [1.82, 2.24) is 9.78 Å². The number of sulfone groups is 1. The Balaban J connectivity index is 2.04. The monoisotopic (exact) mass is 260 g/mol. The molecule has 7 nitrogen and oxygen atoms in total. The van der Waals surface area contributed by atoms with Crippen LogP contribution in [0.1, 0.15) is 12.8 Å². The van der Waals surface area contributed by atoms with Crippen LogP contribution in [0.2, 0.25) is 0 Å². The Labute approximate surface area is 97.9 Å². The van der Waals surface area contributed by atoms with Crippen LogP contribution in [0.15, 0.2) is 12.4 Å². The zero-order valence-corrected chi connectivity index (χ0v) is 9.76. The van der Waals surface area contributed by atoms with Crippen LogP contribution in [0.25, 0.3) is 0 Å². The summed E-state index contributed by atoms with van der Waals surface area (Å²) in [7, 11) is -3.17. The molecule has 0 radical (unpaired) electrons. The lowest BCUT2D eigenvalue weighted by Gasteiger charge is -2.10. The van der Waals surface area contributed by atoms with Crippen molar-refractivity contribution in [3.05, 3.63) is 12.4 Å². The van der Waals surface area contributed by atoms with Crippen molar-refractivity contribution in [3.63, 3.8) is 0 Å². The summed E-state index contributed by atoms with van der Waals surface area (Å²) in [5.41, 5.74) is -0.829. The topological polar surface area (TPSA) is 98.5 Å². The second kappa shape index (κ2) is 4.36. The van der Waals surface area contributed by atoms with Gasteiger partial charge in [0.25, 0.3) is 0 Å². The van der Waals surface area contributed by atoms with E-state index in [4.69, 9.17) is 9.84 Å². The summed E-state index contributed by atoms with van der Waals surface area (Å²) < 4.78 is 29.5. The summed E-state index contributed by atoms with van der Waals surface area (Å²) in [5, 5.41) is 12.3. The molecule has 0 saturated carbocycles. The Morgan fingerprint density at radius 3 is 3.00 bits per heavy atom. The number of carboxylic acid groups (broad SMARTS) is 1. The van der Waals surface area contributed by atoms with Gasteiger partial charge in [-0.3, -0.25) is 9.48 Å². The summed E-state index contributed by atoms with van der Waals surface area (Å²) in [6.45, 7) is -0.277. The second-order valence-electron chi connectivity index (χ2n) is 3.82. The molecule has 0 aliphatic carbocycles. The zero-order chi connectivity index (χ0) is 12.5. The molecule has 0 bridgehead atoms. The van der Waals surface area contributed by atoms with E-state index in [2.05, 4.69) is 5.10 Å². The number of hydrogen-bond acceptors (Lipinski definition) is 5. The van der Waals surface area contributed by atoms with E-state index < -0.39 is 21.2 Å². The molecular formula is C9H12N2O5S. The van der Waals surface area contributed by atoms with Crippen molar-refractivity contribution in [2.24, 2.45) is 0 Å². The lowest BCUT2D eigenvalue weighted by Crippen LogP contribution is -2.22. The molecule has 1 unspecified atom stereocenters. The molecule has 0 aromatic carbocycles. The summed E-state index contributed by atoms with van der Waals surface area (Å²) in [5.74, 6) is -0.601. The Bertz CT molecular complexity index is 521. The maximum atomic E-state index is 11.5. The highest BCUT2D eigenvalue weighted by Gasteiger charge is 2.33. The fraction of sp³-hybridized carbons (Fsp3) is 0.556. The zero-order valence-electron chi connectivity index (χ0n) is 8.94. The molecule has 0 spiro atoms. The van der Waals surface area contributed by atoms with Crippen molar-refractivity contribution in [3.8, 4) is 5.75 Å². The molecule has 1 atom stereocenters. The Hall–Kier alpha value is -1.57. The van der Waals surface area contributed by atoms with Gasteiger partial charge in [-0.25, -0.2) is 8.42 Å². The van der Waals surface area contributed by atoms with Crippen LogP contribution >= 0.6 is 0 Å². The average Bonchev–Trinajstić information content (AvgIpc) is 2.75. The molecular weight excluding hydrogens is 248 g/mol. The highest BCUT2D eigenvalue weighted by atomic mass is 32.2. The van der Waals surface area contributed by atoms with Gasteiger partial charge in [0.05, 0.1) is 18.1 Å². The van der Waals surface area contributed by atoms with Gasteiger partial charge in [0.1, 0.15) is 6.54 Å². The SMILES string of the molecule is O=C(O)Cn1cc(OC2CCCS2(=O)=O)cn1. The van der Waals surface area contributed by atoms with E-state index in [0.717, 1.165) is 0 Å². The van der Waals surface area contributed by atoms with E-state index in [0.29, 0.717) is 12.8 Å². The number of hydrogen-bond donors (Lipinski definition) is 1. The van der Waals surface area contributed by atoms with Gasteiger partial charge in [0.2, 0.25) is 0 Å². The number of carbonyl (C=O) groups is 1. The molecule has 1 N–H and O–H groups in total. The molecule has 0 amide bonds. The second-order valence-corrected chi connectivity index (χ2v) is 6.08. The van der Waals surface area contributed by atoms with E-state index in [1.54, 1.807) is 0 Å². The summed E-state index contributed by atoms with van der Waals surface area (Å²) in [6, 6.07) is 0. The first kappa shape index (κ1) is 11.9. The van der Waals surface area contributed by atoms with E-state index >= 15 is 0 Å². The lowest BCUT2D eigenvalue weighted by molar-refractivity contribution is -0.137. The quantitative estimate of drug-likeness (QED) is 0.810. The third-order valence-electron chi connectivity index (χ3n) is 2.44. The van der Waals surface area contributed by atoms with Gasteiger partial charge < -0.3 is 9.84 Å². The summed E-state index contributed by atoms with van der Waals surface area (Å²) in [4.78, 5) is 10.4. The predicted octanol–water partition coefficient (Wildman–Crippen LogP) is -0.119. The first-order valence-corrected chi connectivity index (χ1v) is 6.81. The Morgan fingerprint density at radius 2 is 2.41 bits per heavy atom. The van der Waals surface area contributed by atoms with Gasteiger partial charge in [0, 0.05) is 0 Å². The van der Waals surface area contributed by atoms with Gasteiger partial charge in [-0.15, -0.1) is 0 Å². The Kier molecular flexibility index (Phi) is 3.05. The van der Waals surface area contributed by atoms with E-state index in [1.165, 1.54) is 17.1 Å². The van der Waals surface area contributed by atoms with Crippen LogP contribution in [-0.4, -0.2) is 40.5 Å². The fourth-order valence-corrected chi connectivity index (χ4v) is 3.29. The molecule has 2 heterocycles. The van der Waals surface area contributed by atoms with Crippen LogP contribution in [0, 0.1) is 0 Å². The lowest BCUT2D eigenvalue weighted by atomic mass is 10.4. The standard InChI is InChI=1S/C9H12N2O5S/c12-8(13)6-11-5-7(4-10-11)16-9-2-1-3-17(9,14)15/h4-5,9H,1-3,6H2,(H,12,13). The van der Waals surface area contributed by atoms with Crippen LogP contribution in [0.4, 0.5) is 0 Å². The smallest absolute Gasteiger partial charge is 0.325 e. The maximum Gasteiger partial charge on any atom is 0.325 e. The number of nitrogens with zero attached hydrogens (tertiary/aromatic N) is 2. The molecule has 1 aromatic rings. The number of ether oxygens (including phenoxy) is 1. The average molecular weight is 260 g/mol. The fourth-order valence-electron chi connectivity index (χ4n) is 1.68. The molecule has 2 rings (SSSR count). The molecule has 17 heavy (non-hydrogen) atoms. The normalized spacial score (nSPS) is 22.5. The maximum absolute atomic E-state index is 11.5. The van der Waals surface area contributed by atoms with Gasteiger partial charge in [-0.1, -0.05) is 0 Å². The number of aliphatic carboxylic acids is 1. The molecule has 1 fully saturated rings. The van der Waals surface area contributed by atoms with Crippen molar-refractivity contribution < 1.29 is 23.1 Å². The van der Waals surface area contributed by atoms with E-state index in [9.17, 15) is 13.2 Å². The molecule has 1 aliphatic rings. The van der Waals surface area contributed by atoms with Crippen LogP contribution in [-0.2, 0) is 21.2 Å². The predicted molar refractivity (Wildman–Crippen MR) is 57.3 cm³/mol. The van der Waals surface area contributed by atoms with Gasteiger partial charge >= 0.3 is 5.97 Å². The minimum atomic E-state index is -3.17. The molecule has 8 heteroatoms. The third-order valence-corrected chi connectivity index (χ3v) is 4.43. The van der Waals surface area contributed by atoms with Crippen molar-refractivity contribution in [2.75, 3.05) is 5.75 Å². The number of aromatic nitrogens is 2. The third kappa shape index (κ3) is 2.76. The van der Waals surface area contributed by atoms with Crippen LogP contribution < -0.4 is 4.74 Å². The molecule has 1 saturated heterocycles. The van der Waals surface area contributed by atoms with Crippen LogP contribution in [0.3, 0.4) is 0 Å². The number of carboxylic acids is 1. The van der Waals surface area contributed by atoms with Crippen molar-refractivity contribution >= 4 is 15.8 Å². The Morgan fingerprint density at radius 1 is 1.65 bits per heavy atom. The van der Waals surface area contributed by atoms with Crippen molar-refractivity contribution in [2.45, 2.75) is 24.8 Å². The number of rotatable bonds is 4. The largest absolute Gasteiger partial charge is 0.480 e. The first-order valence-electron chi connectivity index (χ1n) is 5.10. The summed E-state index contributed by atoms with van der Waals surface area (Å²) >= 11 is 0. The first-order chi connectivity index (χ1) is 7.97. The molecule has 94 valence electrons. The van der Waals surface area contributed by atoms with E-state index in [1.807, 2.05) is 0 Å². The van der Waals surface area contributed by atoms with Crippen molar-refractivity contribution in [1.29, 1.82) is 0 Å². The van der Waals surface area contributed by atoms with E-state index in [-0.39, 0.29) is 18.0 Å². The molecule has 1 aromatic heterocycles. The highest BCUT2D eigenvalue weighted by Crippen LogP contribution is 2.23. The van der Waals surface area contributed by atoms with Gasteiger partial charge in [-0.05, 0) is 12.8 Å². The minimum Gasteiger partial charge on any atom is -0.480 e. The van der Waals surface area contributed by atoms with Gasteiger partial charge in [0.15, 0.2) is 21.0 Å². The van der Waals surface area contributed by atoms with Gasteiger partial charge in [-0.2, -0.15) is 5.10 Å². The summed E-state index contributed by atoms with van der Waals surface area (Å²) in [6.07, 6.45) is 3.75. The molecule has 1 aliphatic heterocycles. The van der Waals surface area contributed by atoms with Crippen LogP contribution in [0.5, 0.6) is 5.75 Å². The highest BCUT2D eigenvalue weighted by molar-refractivity contribution is 7.92. The minimum absolute atomic E-state index is 0.140.